The predicted molar refractivity (Wildman–Crippen MR) is 147 cm³/mol. The summed E-state index contributed by atoms with van der Waals surface area (Å²) in [4.78, 5) is 28.8. The molecular weight excluding hydrogens is 556 g/mol. The highest BCUT2D eigenvalue weighted by Gasteiger charge is 2.46. The van der Waals surface area contributed by atoms with Gasteiger partial charge in [-0.2, -0.15) is 0 Å². The molecule has 2 atom stereocenters. The van der Waals surface area contributed by atoms with Gasteiger partial charge < -0.3 is 14.4 Å². The van der Waals surface area contributed by atoms with Crippen molar-refractivity contribution in [2.45, 2.75) is 28.8 Å². The SMILES string of the molecule is O=C1c2c(OCc3ccccc3)c(=O)ccn2N(C2c3ccsc3SCc3c2ccc(F)c3F)[C@@H]2COCCN12. The van der Waals surface area contributed by atoms with Crippen molar-refractivity contribution < 1.29 is 23.0 Å². The second-order valence-electron chi connectivity index (χ2n) is 9.69. The number of thiophene rings is 1. The molecule has 1 saturated heterocycles. The molecule has 3 aliphatic rings. The number of carbonyl (C=O) groups is 1. The van der Waals surface area contributed by atoms with Crippen LogP contribution in [0.3, 0.4) is 0 Å². The van der Waals surface area contributed by atoms with Crippen molar-refractivity contribution in [1.82, 2.24) is 9.58 Å². The van der Waals surface area contributed by atoms with Gasteiger partial charge in [0.05, 0.1) is 17.4 Å². The number of aromatic nitrogens is 1. The lowest BCUT2D eigenvalue weighted by atomic mass is 9.94. The summed E-state index contributed by atoms with van der Waals surface area (Å²) < 4.78 is 44.2. The van der Waals surface area contributed by atoms with Gasteiger partial charge in [0, 0.05) is 35.7 Å². The third kappa shape index (κ3) is 4.03. The van der Waals surface area contributed by atoms with Crippen LogP contribution in [-0.2, 0) is 17.1 Å². The van der Waals surface area contributed by atoms with Crippen molar-refractivity contribution in [1.29, 1.82) is 0 Å². The molecule has 7 rings (SSSR count). The summed E-state index contributed by atoms with van der Waals surface area (Å²) in [6.45, 7) is 0.965. The molecule has 0 aliphatic carbocycles. The quantitative estimate of drug-likeness (QED) is 0.343. The van der Waals surface area contributed by atoms with Gasteiger partial charge in [-0.25, -0.2) is 8.78 Å². The summed E-state index contributed by atoms with van der Waals surface area (Å²) in [6, 6.07) is 14.9. The number of morpholine rings is 1. The summed E-state index contributed by atoms with van der Waals surface area (Å²) in [5.74, 6) is -1.90. The van der Waals surface area contributed by atoms with Crippen LogP contribution in [0.15, 0.2) is 75.2 Å². The Hall–Kier alpha value is -3.67. The number of hydrogen-bond donors (Lipinski definition) is 0. The molecule has 204 valence electrons. The number of amides is 1. The number of carbonyl (C=O) groups excluding carboxylic acids is 1. The number of rotatable bonds is 4. The number of halogens is 2. The first-order valence-electron chi connectivity index (χ1n) is 12.8. The average molecular weight is 580 g/mol. The van der Waals surface area contributed by atoms with E-state index in [4.69, 9.17) is 9.47 Å². The van der Waals surface area contributed by atoms with E-state index in [1.54, 1.807) is 21.8 Å². The van der Waals surface area contributed by atoms with Crippen molar-refractivity contribution in [3.05, 3.63) is 116 Å². The van der Waals surface area contributed by atoms with Crippen molar-refractivity contribution >= 4 is 29.0 Å². The standard InChI is InChI=1S/C29H23F2N3O4S2/c30-21-7-6-18-20(24(21)31)16-40-29-19(9-13-39-29)25(18)34-23-15-37-12-11-32(23)28(36)26-27(22(35)8-10-33(26)34)38-14-17-4-2-1-3-5-17/h1-10,13,23,25H,11-12,14-16H2/t23-,25?/m1/s1. The van der Waals surface area contributed by atoms with Crippen LogP contribution >= 0.6 is 23.1 Å². The second kappa shape index (κ2) is 10.1. The van der Waals surface area contributed by atoms with Crippen LogP contribution in [-0.4, -0.2) is 41.4 Å². The third-order valence-electron chi connectivity index (χ3n) is 7.47. The Balaban J connectivity index is 1.44. The van der Waals surface area contributed by atoms with Crippen molar-refractivity contribution in [2.75, 3.05) is 24.8 Å². The minimum Gasteiger partial charge on any atom is -0.482 e. The van der Waals surface area contributed by atoms with Crippen LogP contribution in [0.25, 0.3) is 0 Å². The van der Waals surface area contributed by atoms with E-state index in [1.165, 1.54) is 29.2 Å². The smallest absolute Gasteiger partial charge is 0.278 e. The molecule has 1 unspecified atom stereocenters. The second-order valence-corrected chi connectivity index (χ2v) is 11.9. The Morgan fingerprint density at radius 2 is 1.88 bits per heavy atom. The maximum absolute atomic E-state index is 15.2. The highest BCUT2D eigenvalue weighted by atomic mass is 32.2. The molecule has 7 nitrogen and oxygen atoms in total. The maximum Gasteiger partial charge on any atom is 0.278 e. The summed E-state index contributed by atoms with van der Waals surface area (Å²) >= 11 is 3.00. The molecule has 0 saturated carbocycles. The molecule has 3 aliphatic heterocycles. The molecule has 2 aromatic carbocycles. The van der Waals surface area contributed by atoms with Gasteiger partial charge in [0.1, 0.15) is 18.8 Å². The molecular formula is C29H23F2N3O4S2. The Kier molecular flexibility index (Phi) is 6.37. The molecule has 1 amide bonds. The van der Waals surface area contributed by atoms with Gasteiger partial charge in [0.15, 0.2) is 23.1 Å². The molecule has 2 aromatic heterocycles. The van der Waals surface area contributed by atoms with Gasteiger partial charge in [-0.1, -0.05) is 36.4 Å². The molecule has 0 spiro atoms. The molecule has 0 radical (unpaired) electrons. The summed E-state index contributed by atoms with van der Waals surface area (Å²) in [7, 11) is 0. The number of benzene rings is 2. The van der Waals surface area contributed by atoms with E-state index in [2.05, 4.69) is 0 Å². The van der Waals surface area contributed by atoms with Gasteiger partial charge in [-0.05, 0) is 28.6 Å². The molecule has 11 heteroatoms. The first-order valence-corrected chi connectivity index (χ1v) is 14.7. The van der Waals surface area contributed by atoms with E-state index >= 15 is 4.39 Å². The lowest BCUT2D eigenvalue weighted by molar-refractivity contribution is -0.0199. The van der Waals surface area contributed by atoms with Gasteiger partial charge in [0.2, 0.25) is 5.43 Å². The van der Waals surface area contributed by atoms with Gasteiger partial charge in [0.25, 0.3) is 5.91 Å². The molecule has 0 bridgehead atoms. The van der Waals surface area contributed by atoms with Crippen LogP contribution in [0.2, 0.25) is 0 Å². The number of fused-ring (bicyclic) bond motifs is 4. The number of hydrogen-bond acceptors (Lipinski definition) is 7. The van der Waals surface area contributed by atoms with E-state index < -0.39 is 29.3 Å². The fourth-order valence-corrected chi connectivity index (χ4v) is 7.80. The molecule has 5 heterocycles. The van der Waals surface area contributed by atoms with Crippen LogP contribution in [0.4, 0.5) is 8.78 Å². The minimum absolute atomic E-state index is 0.0506. The van der Waals surface area contributed by atoms with Crippen LogP contribution in [0, 0.1) is 11.6 Å². The number of ether oxygens (including phenoxy) is 2. The average Bonchev–Trinajstić information content (AvgIpc) is 3.38. The van der Waals surface area contributed by atoms with E-state index in [0.29, 0.717) is 18.7 Å². The monoisotopic (exact) mass is 579 g/mol. The van der Waals surface area contributed by atoms with E-state index in [1.807, 2.05) is 46.8 Å². The fourth-order valence-electron chi connectivity index (χ4n) is 5.61. The van der Waals surface area contributed by atoms with Gasteiger partial charge >= 0.3 is 0 Å². The summed E-state index contributed by atoms with van der Waals surface area (Å²) in [5.41, 5.74) is 2.32. The largest absolute Gasteiger partial charge is 0.482 e. The number of thioether (sulfide) groups is 1. The molecule has 0 N–H and O–H groups in total. The highest BCUT2D eigenvalue weighted by molar-refractivity contribution is 8.00. The maximum atomic E-state index is 15.2. The lowest BCUT2D eigenvalue weighted by Crippen LogP contribution is -2.66. The Labute approximate surface area is 236 Å². The number of nitrogens with zero attached hydrogens (tertiary/aromatic N) is 3. The molecule has 40 heavy (non-hydrogen) atoms. The van der Waals surface area contributed by atoms with Crippen molar-refractivity contribution in [3.8, 4) is 5.75 Å². The van der Waals surface area contributed by atoms with E-state index in [9.17, 15) is 14.0 Å². The topological polar surface area (TPSA) is 64.0 Å². The highest BCUT2D eigenvalue weighted by Crippen LogP contribution is 2.47. The Morgan fingerprint density at radius 3 is 2.73 bits per heavy atom. The van der Waals surface area contributed by atoms with Crippen molar-refractivity contribution in [3.63, 3.8) is 0 Å². The van der Waals surface area contributed by atoms with Crippen LogP contribution < -0.4 is 15.2 Å². The van der Waals surface area contributed by atoms with E-state index in [-0.39, 0.29) is 41.9 Å². The first-order chi connectivity index (χ1) is 19.5. The van der Waals surface area contributed by atoms with Gasteiger partial charge in [-0.15, -0.1) is 23.1 Å². The van der Waals surface area contributed by atoms with Gasteiger partial charge in [-0.3, -0.25) is 19.3 Å². The minimum atomic E-state index is -0.902. The van der Waals surface area contributed by atoms with Crippen molar-refractivity contribution in [2.24, 2.45) is 0 Å². The lowest BCUT2D eigenvalue weighted by Gasteiger charge is -2.51. The Bertz CT molecular complexity index is 1680. The van der Waals surface area contributed by atoms with E-state index in [0.717, 1.165) is 21.4 Å². The van der Waals surface area contributed by atoms with Crippen LogP contribution in [0.5, 0.6) is 5.75 Å². The summed E-state index contributed by atoms with van der Waals surface area (Å²) in [5, 5.41) is 3.92. The molecule has 1 fully saturated rings. The first kappa shape index (κ1) is 25.3. The fraction of sp³-hybridized carbons (Fsp3) is 0.241. The number of pyridine rings is 1. The predicted octanol–water partition coefficient (Wildman–Crippen LogP) is 4.91. The normalized spacial score (nSPS) is 19.8. The molecule has 4 aromatic rings. The zero-order chi connectivity index (χ0) is 27.4. The zero-order valence-electron chi connectivity index (χ0n) is 21.1. The third-order valence-corrected chi connectivity index (χ3v) is 9.77. The Morgan fingerprint density at radius 1 is 1.02 bits per heavy atom. The van der Waals surface area contributed by atoms with Crippen LogP contribution in [0.1, 0.15) is 38.8 Å². The summed E-state index contributed by atoms with van der Waals surface area (Å²) in [6.07, 6.45) is 1.00. The zero-order valence-corrected chi connectivity index (χ0v) is 22.7.